The molecule has 0 radical (unpaired) electrons. The van der Waals surface area contributed by atoms with Crippen molar-refractivity contribution in [1.82, 2.24) is 14.8 Å². The lowest BCUT2D eigenvalue weighted by Crippen LogP contribution is -2.20. The van der Waals surface area contributed by atoms with Crippen LogP contribution in [0.3, 0.4) is 0 Å². The highest BCUT2D eigenvalue weighted by Gasteiger charge is 2.29. The number of benzene rings is 2. The molecule has 0 amide bonds. The first-order valence-electron chi connectivity index (χ1n) is 9.87. The predicted octanol–water partition coefficient (Wildman–Crippen LogP) is 3.49. The number of aromatic nitrogens is 3. The molecule has 3 aromatic rings. The fourth-order valence-electron chi connectivity index (χ4n) is 3.62. The van der Waals surface area contributed by atoms with Crippen LogP contribution in [0.1, 0.15) is 42.4 Å². The Hall–Kier alpha value is -3.31. The molecule has 1 aromatic heterocycles. The van der Waals surface area contributed by atoms with Crippen molar-refractivity contribution in [2.24, 2.45) is 4.40 Å². The summed E-state index contributed by atoms with van der Waals surface area (Å²) >= 11 is 0. The highest BCUT2D eigenvalue weighted by Crippen LogP contribution is 2.26. The summed E-state index contributed by atoms with van der Waals surface area (Å²) in [6, 6.07) is 19.2. The van der Waals surface area contributed by atoms with Crippen LogP contribution in [0.25, 0.3) is 0 Å². The first-order chi connectivity index (χ1) is 14.6. The topological polar surface area (TPSA) is 101 Å². The van der Waals surface area contributed by atoms with Crippen LogP contribution in [0.5, 0.6) is 0 Å². The first kappa shape index (κ1) is 20.0. The van der Waals surface area contributed by atoms with Crippen LogP contribution in [0.15, 0.2) is 70.0 Å². The SMILES string of the molecule is N#C[C@H](C(=NS(=O)(=O)c1ccccc1)c1ccccc1)c1nnc2n1CCCCC2. The maximum absolute atomic E-state index is 13.0. The Bertz CT molecular complexity index is 1200. The second-order valence-electron chi connectivity index (χ2n) is 7.13. The zero-order valence-electron chi connectivity index (χ0n) is 16.3. The van der Waals surface area contributed by atoms with Gasteiger partial charge in [0.05, 0.1) is 16.7 Å². The van der Waals surface area contributed by atoms with Crippen molar-refractivity contribution in [3.63, 3.8) is 0 Å². The lowest BCUT2D eigenvalue weighted by molar-refractivity contribution is 0.597. The van der Waals surface area contributed by atoms with E-state index in [1.807, 2.05) is 10.6 Å². The molecule has 4 rings (SSSR count). The van der Waals surface area contributed by atoms with E-state index in [0.29, 0.717) is 17.9 Å². The largest absolute Gasteiger partial charge is 0.314 e. The molecule has 0 bridgehead atoms. The number of sulfonamides is 1. The van der Waals surface area contributed by atoms with Crippen molar-refractivity contribution in [2.45, 2.75) is 43.0 Å². The van der Waals surface area contributed by atoms with Crippen LogP contribution in [-0.4, -0.2) is 28.9 Å². The Morgan fingerprint density at radius 2 is 1.70 bits per heavy atom. The Labute approximate surface area is 175 Å². The molecule has 1 aliphatic rings. The van der Waals surface area contributed by atoms with Crippen molar-refractivity contribution < 1.29 is 8.42 Å². The van der Waals surface area contributed by atoms with E-state index in [1.54, 1.807) is 42.5 Å². The fraction of sp³-hybridized carbons (Fsp3) is 0.273. The van der Waals surface area contributed by atoms with Gasteiger partial charge in [0, 0.05) is 13.0 Å². The van der Waals surface area contributed by atoms with Crippen LogP contribution in [0.4, 0.5) is 0 Å². The standard InChI is InChI=1S/C22H21N5O2S/c23-16-19(22-25-24-20-14-8-3-9-15-27(20)22)21(17-10-4-1-5-11-17)26-30(28,29)18-12-6-2-7-13-18/h1-2,4-7,10-13,19H,3,8-9,14-15H2/t19-/m1/s1. The highest BCUT2D eigenvalue weighted by molar-refractivity contribution is 7.90. The molecule has 0 spiro atoms. The molecule has 0 unspecified atom stereocenters. The molecule has 0 saturated heterocycles. The first-order valence-corrected chi connectivity index (χ1v) is 11.3. The van der Waals surface area contributed by atoms with E-state index in [2.05, 4.69) is 20.7 Å². The number of nitrogens with zero attached hydrogens (tertiary/aromatic N) is 5. The van der Waals surface area contributed by atoms with Gasteiger partial charge in [-0.05, 0) is 30.5 Å². The lowest BCUT2D eigenvalue weighted by Gasteiger charge is -2.15. The Balaban J connectivity index is 1.87. The van der Waals surface area contributed by atoms with Gasteiger partial charge in [-0.2, -0.15) is 18.1 Å². The molecule has 0 saturated carbocycles. The van der Waals surface area contributed by atoms with Crippen LogP contribution in [-0.2, 0) is 23.0 Å². The van der Waals surface area contributed by atoms with Gasteiger partial charge < -0.3 is 4.57 Å². The highest BCUT2D eigenvalue weighted by atomic mass is 32.2. The third-order valence-corrected chi connectivity index (χ3v) is 6.43. The summed E-state index contributed by atoms with van der Waals surface area (Å²) in [6.45, 7) is 0.712. The van der Waals surface area contributed by atoms with E-state index >= 15 is 0 Å². The van der Waals surface area contributed by atoms with Gasteiger partial charge in [-0.1, -0.05) is 55.0 Å². The summed E-state index contributed by atoms with van der Waals surface area (Å²) in [4.78, 5) is 0.0789. The van der Waals surface area contributed by atoms with Gasteiger partial charge in [0.15, 0.2) is 5.82 Å². The smallest absolute Gasteiger partial charge is 0.282 e. The maximum atomic E-state index is 13.0. The second-order valence-corrected chi connectivity index (χ2v) is 8.73. The van der Waals surface area contributed by atoms with Crippen molar-refractivity contribution in [3.05, 3.63) is 77.9 Å². The number of hydrogen-bond acceptors (Lipinski definition) is 5. The molecular formula is C22H21N5O2S. The minimum absolute atomic E-state index is 0.0789. The van der Waals surface area contributed by atoms with Crippen LogP contribution in [0.2, 0.25) is 0 Å². The Morgan fingerprint density at radius 3 is 2.40 bits per heavy atom. The molecule has 2 heterocycles. The third kappa shape index (κ3) is 4.02. The van der Waals surface area contributed by atoms with Crippen molar-refractivity contribution in [3.8, 4) is 6.07 Å². The summed E-state index contributed by atoms with van der Waals surface area (Å²) < 4.78 is 32.1. The van der Waals surface area contributed by atoms with Gasteiger partial charge in [-0.25, -0.2) is 0 Å². The van der Waals surface area contributed by atoms with E-state index in [-0.39, 0.29) is 10.6 Å². The minimum atomic E-state index is -4.00. The second kappa shape index (κ2) is 8.59. The monoisotopic (exact) mass is 419 g/mol. The van der Waals surface area contributed by atoms with E-state index < -0.39 is 15.9 Å². The number of rotatable bonds is 5. The summed E-state index contributed by atoms with van der Waals surface area (Å²) in [5, 5.41) is 18.6. The third-order valence-electron chi connectivity index (χ3n) is 5.13. The molecule has 0 aliphatic carbocycles. The zero-order chi connectivity index (χ0) is 21.0. The van der Waals surface area contributed by atoms with E-state index in [0.717, 1.165) is 31.5 Å². The Kier molecular flexibility index (Phi) is 5.72. The lowest BCUT2D eigenvalue weighted by atomic mass is 9.97. The summed E-state index contributed by atoms with van der Waals surface area (Å²) in [5.41, 5.74) is 0.718. The van der Waals surface area contributed by atoms with Crippen LogP contribution >= 0.6 is 0 Å². The van der Waals surface area contributed by atoms with Crippen LogP contribution < -0.4 is 0 Å². The number of fused-ring (bicyclic) bond motifs is 1. The summed E-state index contributed by atoms with van der Waals surface area (Å²) in [7, 11) is -4.00. The van der Waals surface area contributed by atoms with E-state index in [9.17, 15) is 13.7 Å². The number of nitriles is 1. The molecule has 0 fully saturated rings. The van der Waals surface area contributed by atoms with Crippen molar-refractivity contribution in [2.75, 3.05) is 0 Å². The zero-order valence-corrected chi connectivity index (χ0v) is 17.2. The molecule has 7 nitrogen and oxygen atoms in total. The minimum Gasteiger partial charge on any atom is -0.314 e. The summed E-state index contributed by atoms with van der Waals surface area (Å²) in [5.74, 6) is 0.326. The molecule has 1 aliphatic heterocycles. The molecular weight excluding hydrogens is 398 g/mol. The van der Waals surface area contributed by atoms with Crippen molar-refractivity contribution in [1.29, 1.82) is 5.26 Å². The molecule has 8 heteroatoms. The Morgan fingerprint density at radius 1 is 1.00 bits per heavy atom. The molecule has 0 N–H and O–H groups in total. The molecule has 1 atom stereocenters. The summed E-state index contributed by atoms with van der Waals surface area (Å²) in [6.07, 6.45) is 3.88. The number of aryl methyl sites for hydroxylation is 1. The van der Waals surface area contributed by atoms with Crippen molar-refractivity contribution >= 4 is 15.7 Å². The van der Waals surface area contributed by atoms with Gasteiger partial charge in [-0.3, -0.25) is 0 Å². The quantitative estimate of drug-likeness (QED) is 0.589. The number of hydrogen-bond donors (Lipinski definition) is 0. The van der Waals surface area contributed by atoms with Gasteiger partial charge in [-0.15, -0.1) is 10.2 Å². The normalized spacial score (nSPS) is 15.6. The van der Waals surface area contributed by atoms with Gasteiger partial charge in [0.2, 0.25) is 0 Å². The average Bonchev–Trinajstić information content (AvgIpc) is 3.02. The molecule has 152 valence electrons. The molecule has 30 heavy (non-hydrogen) atoms. The van der Waals surface area contributed by atoms with Gasteiger partial charge >= 0.3 is 0 Å². The maximum Gasteiger partial charge on any atom is 0.282 e. The average molecular weight is 420 g/mol. The van der Waals surface area contributed by atoms with E-state index in [4.69, 9.17) is 0 Å². The van der Waals surface area contributed by atoms with E-state index in [1.165, 1.54) is 12.1 Å². The van der Waals surface area contributed by atoms with Gasteiger partial charge in [0.1, 0.15) is 11.7 Å². The van der Waals surface area contributed by atoms with Crippen LogP contribution in [0, 0.1) is 11.3 Å². The van der Waals surface area contributed by atoms with Gasteiger partial charge in [0.25, 0.3) is 10.0 Å². The molecule has 2 aromatic carbocycles. The fourth-order valence-corrected chi connectivity index (χ4v) is 4.69. The predicted molar refractivity (Wildman–Crippen MR) is 113 cm³/mol.